The molecule has 0 aliphatic carbocycles. The van der Waals surface area contributed by atoms with Crippen LogP contribution in [0.25, 0.3) is 98.7 Å². The van der Waals surface area contributed by atoms with E-state index in [2.05, 4.69) is 206 Å². The van der Waals surface area contributed by atoms with Gasteiger partial charge in [-0.2, -0.15) is 0 Å². The fraction of sp³-hybridized carbons (Fsp3) is 0. The van der Waals surface area contributed by atoms with E-state index in [0.29, 0.717) is 0 Å². The van der Waals surface area contributed by atoms with Crippen LogP contribution in [0.15, 0.2) is 206 Å². The summed E-state index contributed by atoms with van der Waals surface area (Å²) in [6.45, 7) is 0. The van der Waals surface area contributed by atoms with Crippen molar-refractivity contribution in [2.45, 2.75) is 0 Å². The third-order valence-corrected chi connectivity index (χ3v) is 10.6. The van der Waals surface area contributed by atoms with Crippen LogP contribution < -0.4 is 0 Å². The topological polar surface area (TPSA) is 0 Å². The minimum absolute atomic E-state index is 1.21. The van der Waals surface area contributed by atoms with Gasteiger partial charge in [-0.1, -0.05) is 170 Å². The van der Waals surface area contributed by atoms with Crippen LogP contribution in [-0.2, 0) is 0 Å². The summed E-state index contributed by atoms with van der Waals surface area (Å²) in [5.74, 6) is 0. The van der Waals surface area contributed by atoms with E-state index < -0.39 is 0 Å². The highest BCUT2D eigenvalue weighted by Crippen LogP contribution is 2.45. The summed E-state index contributed by atoms with van der Waals surface area (Å²) in [6.07, 6.45) is 0. The van der Waals surface area contributed by atoms with Crippen molar-refractivity contribution in [2.24, 2.45) is 0 Å². The van der Waals surface area contributed by atoms with E-state index in [9.17, 15) is 0 Å². The van der Waals surface area contributed by atoms with Gasteiger partial charge >= 0.3 is 0 Å². The van der Waals surface area contributed by atoms with Crippen molar-refractivity contribution in [1.82, 2.24) is 0 Å². The van der Waals surface area contributed by atoms with Gasteiger partial charge in [-0.25, -0.2) is 0 Å². The van der Waals surface area contributed by atoms with Crippen molar-refractivity contribution >= 4 is 43.1 Å². The highest BCUT2D eigenvalue weighted by molar-refractivity contribution is 6.22. The summed E-state index contributed by atoms with van der Waals surface area (Å²) in [4.78, 5) is 0. The number of hydrogen-bond acceptors (Lipinski definition) is 0. The maximum Gasteiger partial charge on any atom is -0.00262 e. The number of rotatable bonds is 5. The van der Waals surface area contributed by atoms with Crippen LogP contribution in [0.2, 0.25) is 0 Å². The van der Waals surface area contributed by atoms with Crippen LogP contribution in [0.4, 0.5) is 0 Å². The Kier molecular flexibility index (Phi) is 7.25. The summed E-state index contributed by atoms with van der Waals surface area (Å²) in [5.41, 5.74) is 12.4. The van der Waals surface area contributed by atoms with E-state index in [-0.39, 0.29) is 0 Å². The zero-order valence-corrected chi connectivity index (χ0v) is 28.6. The highest BCUT2D eigenvalue weighted by atomic mass is 14.2. The Hall–Kier alpha value is -6.76. The molecule has 0 amide bonds. The lowest BCUT2D eigenvalue weighted by Crippen LogP contribution is -1.91. The zero-order chi connectivity index (χ0) is 34.4. The lowest BCUT2D eigenvalue weighted by molar-refractivity contribution is 1.57. The summed E-state index contributed by atoms with van der Waals surface area (Å²) in [6, 6.07) is 75.6. The Morgan fingerprint density at radius 1 is 0.173 bits per heavy atom. The van der Waals surface area contributed by atoms with Gasteiger partial charge in [-0.15, -0.1) is 0 Å². The molecule has 10 rings (SSSR count). The van der Waals surface area contributed by atoms with Gasteiger partial charge in [0.25, 0.3) is 0 Å². The van der Waals surface area contributed by atoms with Crippen molar-refractivity contribution < 1.29 is 0 Å². The van der Waals surface area contributed by atoms with Crippen LogP contribution in [0.1, 0.15) is 0 Å². The second kappa shape index (κ2) is 12.5. The fourth-order valence-corrected chi connectivity index (χ4v) is 8.06. The van der Waals surface area contributed by atoms with Gasteiger partial charge in [0.1, 0.15) is 0 Å². The van der Waals surface area contributed by atoms with Crippen molar-refractivity contribution in [1.29, 1.82) is 0 Å². The van der Waals surface area contributed by atoms with Gasteiger partial charge in [0.05, 0.1) is 0 Å². The van der Waals surface area contributed by atoms with Crippen LogP contribution in [0.3, 0.4) is 0 Å². The van der Waals surface area contributed by atoms with Crippen LogP contribution in [-0.4, -0.2) is 0 Å². The maximum absolute atomic E-state index is 2.37. The Labute approximate surface area is 303 Å². The van der Waals surface area contributed by atoms with Gasteiger partial charge in [0, 0.05) is 0 Å². The normalized spacial score (nSPS) is 11.5. The second-order valence-corrected chi connectivity index (χ2v) is 13.7. The standard InChI is InChI=1S/C52H34/c1-3-13-35(14-4-1)44-32-45(36-15-5-2-6-16-36)34-46(33-44)41-25-24-40-31-43(28-26-39(40)29-41)52-49-21-11-9-19-47(49)51(48-20-10-12-22-50(48)52)42-27-23-37-17-7-8-18-38(37)30-42/h1-34H. The molecule has 0 bridgehead atoms. The first-order valence-corrected chi connectivity index (χ1v) is 18.0. The zero-order valence-electron chi connectivity index (χ0n) is 28.6. The Bertz CT molecular complexity index is 2820. The quantitative estimate of drug-likeness (QED) is 0.161. The molecule has 0 heteroatoms. The SMILES string of the molecule is c1ccc(-c2cc(-c3ccccc3)cc(-c3ccc4cc(-c5c6ccccc6c(-c6ccc7ccccc7c6)c6ccccc56)ccc4c3)c2)cc1. The molecule has 0 radical (unpaired) electrons. The van der Waals surface area contributed by atoms with Gasteiger partial charge in [-0.3, -0.25) is 0 Å². The predicted octanol–water partition coefficient (Wildman–Crippen LogP) is 14.6. The minimum Gasteiger partial charge on any atom is -0.0622 e. The largest absolute Gasteiger partial charge is 0.0622 e. The lowest BCUT2D eigenvalue weighted by Gasteiger charge is -2.18. The number of benzene rings is 10. The predicted molar refractivity (Wildman–Crippen MR) is 224 cm³/mol. The molecule has 0 aliphatic heterocycles. The van der Waals surface area contributed by atoms with Crippen molar-refractivity contribution in [2.75, 3.05) is 0 Å². The summed E-state index contributed by atoms with van der Waals surface area (Å²) >= 11 is 0. The molecule has 0 spiro atoms. The molecule has 0 atom stereocenters. The van der Waals surface area contributed by atoms with Gasteiger partial charge < -0.3 is 0 Å². The van der Waals surface area contributed by atoms with Crippen molar-refractivity contribution in [3.05, 3.63) is 206 Å². The minimum atomic E-state index is 1.21. The Balaban J connectivity index is 1.12. The summed E-state index contributed by atoms with van der Waals surface area (Å²) in [7, 11) is 0. The third-order valence-electron chi connectivity index (χ3n) is 10.6. The van der Waals surface area contributed by atoms with Crippen molar-refractivity contribution in [3.8, 4) is 55.6 Å². The van der Waals surface area contributed by atoms with E-state index in [1.54, 1.807) is 0 Å². The molecule has 0 nitrogen and oxygen atoms in total. The molecular weight excluding hydrogens is 625 g/mol. The first kappa shape index (κ1) is 30.1. The molecular formula is C52H34. The molecule has 0 aliphatic rings. The first-order valence-electron chi connectivity index (χ1n) is 18.0. The molecule has 242 valence electrons. The molecule has 0 unspecified atom stereocenters. The van der Waals surface area contributed by atoms with E-state index in [0.717, 1.165) is 0 Å². The first-order chi connectivity index (χ1) is 25.8. The Morgan fingerprint density at radius 3 is 0.981 bits per heavy atom. The molecule has 0 aromatic heterocycles. The molecule has 0 saturated carbocycles. The Morgan fingerprint density at radius 2 is 0.500 bits per heavy atom. The van der Waals surface area contributed by atoms with E-state index >= 15 is 0 Å². The maximum atomic E-state index is 2.37. The molecule has 0 fully saturated rings. The van der Waals surface area contributed by atoms with Gasteiger partial charge in [-0.05, 0) is 135 Å². The van der Waals surface area contributed by atoms with Gasteiger partial charge in [0.2, 0.25) is 0 Å². The van der Waals surface area contributed by atoms with E-state index in [1.807, 2.05) is 0 Å². The molecule has 10 aromatic carbocycles. The van der Waals surface area contributed by atoms with E-state index in [1.165, 1.54) is 98.7 Å². The van der Waals surface area contributed by atoms with Gasteiger partial charge in [0.15, 0.2) is 0 Å². The van der Waals surface area contributed by atoms with Crippen molar-refractivity contribution in [3.63, 3.8) is 0 Å². The molecule has 0 saturated heterocycles. The molecule has 0 N–H and O–H groups in total. The molecule has 0 heterocycles. The smallest absolute Gasteiger partial charge is 0.00262 e. The molecule has 10 aromatic rings. The van der Waals surface area contributed by atoms with Crippen LogP contribution >= 0.6 is 0 Å². The van der Waals surface area contributed by atoms with E-state index in [4.69, 9.17) is 0 Å². The average Bonchev–Trinajstić information content (AvgIpc) is 3.22. The fourth-order valence-electron chi connectivity index (χ4n) is 8.06. The average molecular weight is 659 g/mol. The monoisotopic (exact) mass is 658 g/mol. The molecule has 52 heavy (non-hydrogen) atoms. The number of fused-ring (bicyclic) bond motifs is 4. The summed E-state index contributed by atoms with van der Waals surface area (Å²) in [5, 5.41) is 10.1. The van der Waals surface area contributed by atoms with Crippen LogP contribution in [0, 0.1) is 0 Å². The van der Waals surface area contributed by atoms with Crippen LogP contribution in [0.5, 0.6) is 0 Å². The lowest BCUT2D eigenvalue weighted by atomic mass is 9.85. The second-order valence-electron chi connectivity index (χ2n) is 13.7. The number of hydrogen-bond donors (Lipinski definition) is 0. The summed E-state index contributed by atoms with van der Waals surface area (Å²) < 4.78 is 0. The highest BCUT2D eigenvalue weighted by Gasteiger charge is 2.17. The third kappa shape index (κ3) is 5.25.